The lowest BCUT2D eigenvalue weighted by atomic mass is 9.74. The van der Waals surface area contributed by atoms with Crippen LogP contribution in [0.5, 0.6) is 5.75 Å². The molecule has 0 amide bonds. The molecule has 0 bridgehead atoms. The first-order valence-corrected chi connectivity index (χ1v) is 24.5. The Balaban J connectivity index is 1.23. The Hall–Kier alpha value is -3.65. The summed E-state index contributed by atoms with van der Waals surface area (Å²) in [6, 6.07) is 11.1. The summed E-state index contributed by atoms with van der Waals surface area (Å²) in [4.78, 5) is 29.6. The molecule has 0 spiro atoms. The largest absolute Gasteiger partial charge is 0.505 e. The molecule has 2 aliphatic rings. The van der Waals surface area contributed by atoms with E-state index in [1.165, 1.54) is 21.0 Å². The van der Waals surface area contributed by atoms with Crippen molar-refractivity contribution in [3.8, 4) is 17.0 Å². The average molecular weight is 956 g/mol. The van der Waals surface area contributed by atoms with Crippen molar-refractivity contribution in [1.82, 2.24) is 24.5 Å². The first kappa shape index (κ1) is 54.3. The van der Waals surface area contributed by atoms with Crippen molar-refractivity contribution < 1.29 is 54.1 Å². The van der Waals surface area contributed by atoms with E-state index in [-0.39, 0.29) is 30.5 Å². The molecule has 2 aromatic heterocycles. The summed E-state index contributed by atoms with van der Waals surface area (Å²) in [5.74, 6) is -4.60. The zero-order chi connectivity index (χ0) is 49.4. The number of aliphatic hydroxyl groups excluding tert-OH is 3. The van der Waals surface area contributed by atoms with Gasteiger partial charge in [-0.3, -0.25) is 19.2 Å². The number of Topliss-reactive ketones (excluding diaryl/α,β-unsaturated/α-hetero) is 1. The Morgan fingerprint density at radius 2 is 1.60 bits per heavy atom. The average Bonchev–Trinajstić information content (AvgIpc) is 3.78. The normalized spacial score (nSPS) is 33.7. The van der Waals surface area contributed by atoms with Gasteiger partial charge in [0, 0.05) is 62.3 Å². The van der Waals surface area contributed by atoms with Gasteiger partial charge in [-0.25, -0.2) is 0 Å². The molecule has 0 saturated carbocycles. The molecular formula is C50H77N5O11S. The number of nitrogens with zero attached hydrogens (tertiary/aromatic N) is 5. The SMILES string of the molecule is CC[C@H]1OC(=O)[C@H](C)[C@@H](O)[C@H](C)[C@@H](O[C@@H]2O[C@H](C)C[C@H](N(C)Cc3ccc(-c4cn(CCCCCCCn5cccc(O)c5=S)nn4)cc3)[C@H]2O)[C@](C)(OC)C[C@@H](C)C(=O)[C@H](C)[C@@H](O)[C@]1(C)O. The van der Waals surface area contributed by atoms with Crippen molar-refractivity contribution in [2.24, 2.45) is 23.7 Å². The number of methoxy groups -OCH3 is 1. The summed E-state index contributed by atoms with van der Waals surface area (Å²) in [6.45, 7) is 15.3. The third-order valence-electron chi connectivity index (χ3n) is 14.4. The minimum atomic E-state index is -1.95. The van der Waals surface area contributed by atoms with Gasteiger partial charge < -0.3 is 49.0 Å². The van der Waals surface area contributed by atoms with Crippen molar-refractivity contribution >= 4 is 24.0 Å². The monoisotopic (exact) mass is 956 g/mol. The summed E-state index contributed by atoms with van der Waals surface area (Å²) in [5, 5.41) is 65.3. The van der Waals surface area contributed by atoms with Crippen molar-refractivity contribution in [3.05, 3.63) is 59.0 Å². The molecule has 0 radical (unpaired) electrons. The first-order valence-electron chi connectivity index (χ1n) is 24.1. The van der Waals surface area contributed by atoms with E-state index >= 15 is 0 Å². The molecule has 5 N–H and O–H groups in total. The van der Waals surface area contributed by atoms with Crippen LogP contribution in [0.1, 0.15) is 112 Å². The van der Waals surface area contributed by atoms with E-state index in [4.69, 9.17) is 31.2 Å². The second-order valence-electron chi connectivity index (χ2n) is 19.8. The standard InChI is InChI=1S/C50H77N5O11S/c1-11-40-50(8,62)44(60)32(4)41(57)30(2)27-49(7,63-10)45(33(5)42(58)34(6)47(61)65-40)66-48-43(59)38(26-31(3)64-48)53(9)28-35-19-21-36(22-20-35)37-29-55(52-51-37)25-16-14-12-13-15-23-54-24-17-18-39(56)46(54)67/h17-22,24,29-34,38,40,42-45,48,56,58-60,62H,11-16,23,25-28H2,1-10H3/t30-,31-,32+,33+,34-,38+,40-,42+,43-,44-,45-,48+,49-,50-/m1/s1. The highest BCUT2D eigenvalue weighted by molar-refractivity contribution is 7.71. The van der Waals surface area contributed by atoms with Gasteiger partial charge >= 0.3 is 5.97 Å². The molecule has 5 rings (SSSR count). The van der Waals surface area contributed by atoms with Crippen LogP contribution in [0, 0.1) is 28.3 Å². The lowest BCUT2D eigenvalue weighted by Gasteiger charge is -2.48. The predicted octanol–water partition coefficient (Wildman–Crippen LogP) is 6.23. The van der Waals surface area contributed by atoms with Crippen LogP contribution >= 0.6 is 12.2 Å². The van der Waals surface area contributed by atoms with E-state index in [9.17, 15) is 35.1 Å². The fourth-order valence-corrected chi connectivity index (χ4v) is 10.2. The fraction of sp³-hybridized carbons (Fsp3) is 0.700. The van der Waals surface area contributed by atoms with Crippen molar-refractivity contribution in [2.45, 2.75) is 187 Å². The fourth-order valence-electron chi connectivity index (χ4n) is 10.0. The Morgan fingerprint density at radius 1 is 0.940 bits per heavy atom. The van der Waals surface area contributed by atoms with Gasteiger partial charge in [-0.1, -0.05) is 88.7 Å². The summed E-state index contributed by atoms with van der Waals surface area (Å²) in [6.07, 6.45) is 2.14. The van der Waals surface area contributed by atoms with Gasteiger partial charge in [0.1, 0.15) is 39.7 Å². The molecule has 2 aliphatic heterocycles. The summed E-state index contributed by atoms with van der Waals surface area (Å²) in [7, 11) is 3.43. The number of carbonyl (C=O) groups excluding carboxylic acids is 2. The Bertz CT molecular complexity index is 2120. The van der Waals surface area contributed by atoms with Crippen LogP contribution in [0.25, 0.3) is 11.3 Å². The van der Waals surface area contributed by atoms with Crippen LogP contribution in [0.3, 0.4) is 0 Å². The lowest BCUT2D eigenvalue weighted by molar-refractivity contribution is -0.302. The van der Waals surface area contributed by atoms with Gasteiger partial charge in [0.25, 0.3) is 0 Å². The number of aryl methyl sites for hydroxylation is 2. The van der Waals surface area contributed by atoms with Crippen LogP contribution in [0.15, 0.2) is 48.8 Å². The minimum Gasteiger partial charge on any atom is -0.505 e. The molecule has 2 saturated heterocycles. The number of cyclic esters (lactones) is 1. The van der Waals surface area contributed by atoms with Crippen molar-refractivity contribution in [3.63, 3.8) is 0 Å². The number of rotatable bonds is 16. The van der Waals surface area contributed by atoms with Crippen LogP contribution in [0.2, 0.25) is 0 Å². The third kappa shape index (κ3) is 13.2. The van der Waals surface area contributed by atoms with Gasteiger partial charge in [0.2, 0.25) is 0 Å². The summed E-state index contributed by atoms with van der Waals surface area (Å²) >= 11 is 5.29. The zero-order valence-corrected chi connectivity index (χ0v) is 42.0. The predicted molar refractivity (Wildman–Crippen MR) is 255 cm³/mol. The number of carbonyl (C=O) groups is 2. The number of likely N-dealkylation sites (N-methyl/N-ethyl adjacent to an activating group) is 1. The van der Waals surface area contributed by atoms with Gasteiger partial charge in [0.05, 0.1) is 42.1 Å². The second-order valence-corrected chi connectivity index (χ2v) is 20.1. The molecule has 2 fully saturated rings. The minimum absolute atomic E-state index is 0.0915. The number of aliphatic hydroxyl groups is 4. The number of esters is 1. The number of hydrogen-bond donors (Lipinski definition) is 5. The molecule has 374 valence electrons. The topological polar surface area (TPSA) is 211 Å². The van der Waals surface area contributed by atoms with E-state index in [2.05, 4.69) is 15.2 Å². The smallest absolute Gasteiger partial charge is 0.311 e. The first-order chi connectivity index (χ1) is 31.6. The van der Waals surface area contributed by atoms with Gasteiger partial charge in [-0.2, -0.15) is 0 Å². The highest BCUT2D eigenvalue weighted by atomic mass is 32.1. The van der Waals surface area contributed by atoms with E-state index in [1.807, 2.05) is 59.9 Å². The lowest BCUT2D eigenvalue weighted by Crippen LogP contribution is -2.60. The number of aromatic hydroxyl groups is 1. The van der Waals surface area contributed by atoms with Crippen molar-refractivity contribution in [1.29, 1.82) is 0 Å². The van der Waals surface area contributed by atoms with E-state index in [1.54, 1.807) is 46.8 Å². The van der Waals surface area contributed by atoms with E-state index in [0.29, 0.717) is 17.6 Å². The molecule has 1 aromatic carbocycles. The highest BCUT2D eigenvalue weighted by Gasteiger charge is 2.52. The zero-order valence-electron chi connectivity index (χ0n) is 41.2. The van der Waals surface area contributed by atoms with Gasteiger partial charge in [-0.15, -0.1) is 5.10 Å². The molecule has 0 aliphatic carbocycles. The number of hydrogen-bond acceptors (Lipinski definition) is 15. The van der Waals surface area contributed by atoms with Crippen LogP contribution in [-0.2, 0) is 48.2 Å². The maximum atomic E-state index is 13.9. The van der Waals surface area contributed by atoms with Gasteiger partial charge in [0.15, 0.2) is 6.29 Å². The second kappa shape index (κ2) is 23.8. The number of pyridine rings is 1. The number of unbranched alkanes of at least 4 members (excludes halogenated alkanes) is 4. The van der Waals surface area contributed by atoms with Crippen LogP contribution < -0.4 is 0 Å². The maximum absolute atomic E-state index is 13.9. The summed E-state index contributed by atoms with van der Waals surface area (Å²) < 4.78 is 29.2. The molecule has 17 heteroatoms. The quantitative estimate of drug-likeness (QED) is 0.0612. The number of aromatic nitrogens is 4. The molecule has 4 heterocycles. The van der Waals surface area contributed by atoms with E-state index in [0.717, 1.165) is 62.0 Å². The Labute approximate surface area is 401 Å². The number of benzene rings is 1. The van der Waals surface area contributed by atoms with Crippen molar-refractivity contribution in [2.75, 3.05) is 14.2 Å². The highest BCUT2D eigenvalue weighted by Crippen LogP contribution is 2.39. The van der Waals surface area contributed by atoms with Crippen LogP contribution in [-0.4, -0.2) is 136 Å². The molecule has 16 nitrogen and oxygen atoms in total. The molecular weight excluding hydrogens is 879 g/mol. The molecule has 67 heavy (non-hydrogen) atoms. The Kier molecular flexibility index (Phi) is 19.3. The maximum Gasteiger partial charge on any atom is 0.311 e. The molecule has 0 unspecified atom stereocenters. The number of ether oxygens (including phenoxy) is 4. The third-order valence-corrected chi connectivity index (χ3v) is 14.9. The molecule has 14 atom stereocenters. The molecule has 3 aromatic rings. The van der Waals surface area contributed by atoms with E-state index < -0.39 is 83.7 Å². The Morgan fingerprint density at radius 3 is 2.25 bits per heavy atom. The summed E-state index contributed by atoms with van der Waals surface area (Å²) in [5.41, 5.74) is -0.473. The number of ketones is 1. The van der Waals surface area contributed by atoms with Gasteiger partial charge in [-0.05, 0) is 84.5 Å². The van der Waals surface area contributed by atoms with Crippen LogP contribution in [0.4, 0.5) is 0 Å².